The molecule has 2 heteroatoms. The van der Waals surface area contributed by atoms with Crippen LogP contribution in [0.25, 0.3) is 0 Å². The molecule has 0 aromatic rings. The minimum atomic E-state index is 0.271. The number of likely N-dealkylation sites (tertiary alicyclic amines) is 1. The van der Waals surface area contributed by atoms with Crippen molar-refractivity contribution in [2.75, 3.05) is 0 Å². The van der Waals surface area contributed by atoms with Gasteiger partial charge in [0.2, 0.25) is 5.91 Å². The Morgan fingerprint density at radius 1 is 1.25 bits per heavy atom. The van der Waals surface area contributed by atoms with Crippen LogP contribution >= 0.6 is 0 Å². The van der Waals surface area contributed by atoms with Crippen molar-refractivity contribution < 1.29 is 4.79 Å². The number of amides is 1. The van der Waals surface area contributed by atoms with Crippen molar-refractivity contribution in [3.05, 3.63) is 11.8 Å². The first-order valence-electron chi connectivity index (χ1n) is 6.79. The molecule has 0 bridgehead atoms. The van der Waals surface area contributed by atoms with E-state index in [2.05, 4.69) is 11.0 Å². The molecule has 16 heavy (non-hydrogen) atoms. The summed E-state index contributed by atoms with van der Waals surface area (Å²) in [4.78, 5) is 14.0. The van der Waals surface area contributed by atoms with Crippen LogP contribution in [0.3, 0.4) is 0 Å². The first-order chi connectivity index (χ1) is 7.79. The second kappa shape index (κ2) is 3.90. The van der Waals surface area contributed by atoms with E-state index in [-0.39, 0.29) is 5.91 Å². The van der Waals surface area contributed by atoms with Crippen LogP contribution in [0.15, 0.2) is 11.8 Å². The molecule has 3 atom stereocenters. The summed E-state index contributed by atoms with van der Waals surface area (Å²) in [6.45, 7) is 1.74. The molecule has 0 aromatic carbocycles. The van der Waals surface area contributed by atoms with E-state index >= 15 is 0 Å². The Bertz CT molecular complexity index is 334. The predicted molar refractivity (Wildman–Crippen MR) is 63.7 cm³/mol. The molecular weight excluding hydrogens is 198 g/mol. The molecule has 1 amide bonds. The normalized spacial score (nSPS) is 37.7. The monoisotopic (exact) mass is 219 g/mol. The molecule has 0 spiro atoms. The average Bonchev–Trinajstić information content (AvgIpc) is 2.63. The van der Waals surface area contributed by atoms with E-state index in [1.165, 1.54) is 50.6 Å². The molecule has 2 fully saturated rings. The van der Waals surface area contributed by atoms with Gasteiger partial charge in [0, 0.05) is 24.6 Å². The quantitative estimate of drug-likeness (QED) is 0.613. The third-order valence-electron chi connectivity index (χ3n) is 4.70. The molecule has 0 aromatic heterocycles. The zero-order chi connectivity index (χ0) is 11.1. The Labute approximate surface area is 97.7 Å². The molecular formula is C14H21NO. The fourth-order valence-electron chi connectivity index (χ4n) is 4.13. The van der Waals surface area contributed by atoms with Gasteiger partial charge in [-0.3, -0.25) is 4.79 Å². The van der Waals surface area contributed by atoms with Gasteiger partial charge in [0.25, 0.3) is 0 Å². The highest BCUT2D eigenvalue weighted by atomic mass is 16.2. The smallest absolute Gasteiger partial charge is 0.223 e. The first kappa shape index (κ1) is 10.4. The lowest BCUT2D eigenvalue weighted by atomic mass is 9.76. The van der Waals surface area contributed by atoms with Gasteiger partial charge in [0.1, 0.15) is 0 Å². The number of hydrogen-bond donors (Lipinski definition) is 0. The van der Waals surface area contributed by atoms with Gasteiger partial charge in [-0.15, -0.1) is 0 Å². The van der Waals surface area contributed by atoms with Gasteiger partial charge in [-0.25, -0.2) is 0 Å². The Morgan fingerprint density at radius 2 is 2.06 bits per heavy atom. The lowest BCUT2D eigenvalue weighted by molar-refractivity contribution is -0.128. The van der Waals surface area contributed by atoms with E-state index in [1.807, 2.05) is 0 Å². The van der Waals surface area contributed by atoms with Crippen LogP contribution in [0.1, 0.15) is 51.9 Å². The van der Waals surface area contributed by atoms with Gasteiger partial charge in [-0.2, -0.15) is 0 Å². The SMILES string of the molecule is CC(=O)N1C2=CCCCC2C2CCCCC21. The summed E-state index contributed by atoms with van der Waals surface area (Å²) in [5, 5.41) is 0. The van der Waals surface area contributed by atoms with E-state index in [9.17, 15) is 4.79 Å². The maximum absolute atomic E-state index is 11.8. The third kappa shape index (κ3) is 1.42. The zero-order valence-corrected chi connectivity index (χ0v) is 10.1. The van der Waals surface area contributed by atoms with Gasteiger partial charge >= 0.3 is 0 Å². The summed E-state index contributed by atoms with van der Waals surface area (Å²) in [7, 11) is 0. The van der Waals surface area contributed by atoms with Gasteiger partial charge < -0.3 is 4.90 Å². The number of carbonyl (C=O) groups is 1. The molecule has 3 aliphatic rings. The minimum absolute atomic E-state index is 0.271. The molecule has 2 nitrogen and oxygen atoms in total. The molecule has 1 saturated carbocycles. The molecule has 1 heterocycles. The number of fused-ring (bicyclic) bond motifs is 3. The van der Waals surface area contributed by atoms with Crippen molar-refractivity contribution in [2.24, 2.45) is 11.8 Å². The van der Waals surface area contributed by atoms with Crippen LogP contribution in [-0.4, -0.2) is 16.8 Å². The molecule has 0 N–H and O–H groups in total. The molecule has 1 saturated heterocycles. The van der Waals surface area contributed by atoms with Crippen LogP contribution in [0.2, 0.25) is 0 Å². The second-order valence-corrected chi connectivity index (χ2v) is 5.57. The highest BCUT2D eigenvalue weighted by Crippen LogP contribution is 2.49. The van der Waals surface area contributed by atoms with Crippen LogP contribution < -0.4 is 0 Å². The average molecular weight is 219 g/mol. The van der Waals surface area contributed by atoms with Crippen molar-refractivity contribution in [2.45, 2.75) is 57.9 Å². The number of hydrogen-bond acceptors (Lipinski definition) is 1. The third-order valence-corrected chi connectivity index (χ3v) is 4.70. The highest BCUT2D eigenvalue weighted by molar-refractivity contribution is 5.76. The predicted octanol–water partition coefficient (Wildman–Crippen LogP) is 3.09. The molecule has 1 aliphatic heterocycles. The Morgan fingerprint density at radius 3 is 2.88 bits per heavy atom. The first-order valence-corrected chi connectivity index (χ1v) is 6.79. The highest BCUT2D eigenvalue weighted by Gasteiger charge is 2.47. The van der Waals surface area contributed by atoms with Crippen LogP contribution in [0.4, 0.5) is 0 Å². The van der Waals surface area contributed by atoms with Crippen LogP contribution in [0.5, 0.6) is 0 Å². The lowest BCUT2D eigenvalue weighted by Gasteiger charge is -2.31. The molecule has 3 rings (SSSR count). The minimum Gasteiger partial charge on any atom is -0.313 e. The maximum Gasteiger partial charge on any atom is 0.223 e. The van der Waals surface area contributed by atoms with E-state index < -0.39 is 0 Å². The van der Waals surface area contributed by atoms with Crippen molar-refractivity contribution in [3.8, 4) is 0 Å². The van der Waals surface area contributed by atoms with Crippen LogP contribution in [0, 0.1) is 11.8 Å². The van der Waals surface area contributed by atoms with E-state index in [0.29, 0.717) is 12.0 Å². The fraction of sp³-hybridized carbons (Fsp3) is 0.786. The molecule has 2 aliphatic carbocycles. The zero-order valence-electron chi connectivity index (χ0n) is 10.1. The van der Waals surface area contributed by atoms with E-state index in [1.54, 1.807) is 6.92 Å². The molecule has 3 unspecified atom stereocenters. The second-order valence-electron chi connectivity index (χ2n) is 5.57. The summed E-state index contributed by atoms with van der Waals surface area (Å²) in [6, 6.07) is 0.542. The van der Waals surface area contributed by atoms with E-state index in [0.717, 1.165) is 5.92 Å². The van der Waals surface area contributed by atoms with Gasteiger partial charge in [0.05, 0.1) is 0 Å². The Kier molecular flexibility index (Phi) is 2.53. The van der Waals surface area contributed by atoms with Gasteiger partial charge in [-0.1, -0.05) is 18.9 Å². The number of nitrogens with zero attached hydrogens (tertiary/aromatic N) is 1. The molecule has 0 radical (unpaired) electrons. The summed E-state index contributed by atoms with van der Waals surface area (Å²) in [5.74, 6) is 1.76. The Hall–Kier alpha value is -0.790. The number of rotatable bonds is 0. The van der Waals surface area contributed by atoms with Crippen molar-refractivity contribution in [1.29, 1.82) is 0 Å². The van der Waals surface area contributed by atoms with Crippen molar-refractivity contribution >= 4 is 5.91 Å². The number of allylic oxidation sites excluding steroid dienone is 2. The number of carbonyl (C=O) groups excluding carboxylic acids is 1. The fourth-order valence-corrected chi connectivity index (χ4v) is 4.13. The van der Waals surface area contributed by atoms with Gasteiger partial charge in [0.15, 0.2) is 0 Å². The summed E-state index contributed by atoms with van der Waals surface area (Å²) in [6.07, 6.45) is 11.4. The summed E-state index contributed by atoms with van der Waals surface area (Å²) < 4.78 is 0. The standard InChI is InChI=1S/C14H21NO/c1-10(16)15-13-8-4-2-6-11(13)12-7-3-5-9-14(12)15/h8,11-12,14H,2-7,9H2,1H3. The van der Waals surface area contributed by atoms with Gasteiger partial charge in [-0.05, 0) is 38.0 Å². The Balaban J connectivity index is 1.96. The lowest BCUT2D eigenvalue weighted by Crippen LogP contribution is -2.37. The van der Waals surface area contributed by atoms with Crippen LogP contribution in [-0.2, 0) is 4.79 Å². The summed E-state index contributed by atoms with van der Waals surface area (Å²) >= 11 is 0. The van der Waals surface area contributed by atoms with Crippen molar-refractivity contribution in [3.63, 3.8) is 0 Å². The molecule has 88 valence electrons. The van der Waals surface area contributed by atoms with Crippen molar-refractivity contribution in [1.82, 2.24) is 4.90 Å². The topological polar surface area (TPSA) is 20.3 Å². The largest absolute Gasteiger partial charge is 0.313 e. The maximum atomic E-state index is 11.8. The van der Waals surface area contributed by atoms with E-state index in [4.69, 9.17) is 0 Å². The summed E-state index contributed by atoms with van der Waals surface area (Å²) in [5.41, 5.74) is 1.38.